The second kappa shape index (κ2) is 7.19. The molecule has 0 heterocycles. The Balaban J connectivity index is 2.05. The summed E-state index contributed by atoms with van der Waals surface area (Å²) >= 11 is 1.95. The zero-order valence-corrected chi connectivity index (χ0v) is 15.1. The molecule has 1 nitrogen and oxygen atoms in total. The summed E-state index contributed by atoms with van der Waals surface area (Å²) in [6.07, 6.45) is 3.77. The summed E-state index contributed by atoms with van der Waals surface area (Å²) in [5, 5.41) is 4.40. The van der Waals surface area contributed by atoms with Crippen LogP contribution in [-0.4, -0.2) is 17.8 Å². The van der Waals surface area contributed by atoms with Gasteiger partial charge in [0.1, 0.15) is 0 Å². The minimum atomic E-state index is 0.419. The largest absolute Gasteiger partial charge is 0.313 e. The van der Waals surface area contributed by atoms with Gasteiger partial charge in [-0.05, 0) is 54.8 Å². The van der Waals surface area contributed by atoms with Crippen LogP contribution in [0.25, 0.3) is 0 Å². The van der Waals surface area contributed by atoms with Crippen molar-refractivity contribution in [3.05, 3.63) is 29.8 Å². The summed E-state index contributed by atoms with van der Waals surface area (Å²) in [7, 11) is 0. The highest BCUT2D eigenvalue weighted by molar-refractivity contribution is 7.99. The molecule has 0 aromatic heterocycles. The van der Waals surface area contributed by atoms with Crippen LogP contribution in [0.3, 0.4) is 0 Å². The van der Waals surface area contributed by atoms with Crippen molar-refractivity contribution in [1.82, 2.24) is 5.32 Å². The molecule has 1 aliphatic rings. The van der Waals surface area contributed by atoms with Gasteiger partial charge in [-0.15, -0.1) is 11.8 Å². The predicted molar refractivity (Wildman–Crippen MR) is 95.3 cm³/mol. The lowest BCUT2D eigenvalue weighted by Crippen LogP contribution is -2.56. The van der Waals surface area contributed by atoms with Gasteiger partial charge in [0.05, 0.1) is 0 Å². The quantitative estimate of drug-likeness (QED) is 0.671. The Morgan fingerprint density at radius 3 is 2.43 bits per heavy atom. The number of benzene rings is 1. The molecule has 0 radical (unpaired) electrons. The third-order valence-electron chi connectivity index (χ3n) is 5.12. The van der Waals surface area contributed by atoms with Crippen molar-refractivity contribution < 1.29 is 0 Å². The third-order valence-corrected chi connectivity index (χ3v) is 6.14. The fourth-order valence-corrected chi connectivity index (χ4v) is 4.39. The van der Waals surface area contributed by atoms with Gasteiger partial charge in [0.25, 0.3) is 0 Å². The molecule has 1 aromatic carbocycles. The molecule has 0 bridgehead atoms. The SMILES string of the molecule is CCCNC1CC(c2ccc(SC(C)C)cc2)C1(C)CC. The first-order chi connectivity index (χ1) is 10.0. The van der Waals surface area contributed by atoms with Crippen LogP contribution in [0.15, 0.2) is 29.2 Å². The first-order valence-electron chi connectivity index (χ1n) is 8.51. The molecular formula is C19H31NS. The number of hydrogen-bond donors (Lipinski definition) is 1. The van der Waals surface area contributed by atoms with Gasteiger partial charge in [-0.3, -0.25) is 0 Å². The maximum Gasteiger partial charge on any atom is 0.0133 e. The first-order valence-corrected chi connectivity index (χ1v) is 9.39. The van der Waals surface area contributed by atoms with Gasteiger partial charge in [0.2, 0.25) is 0 Å². The monoisotopic (exact) mass is 305 g/mol. The second-order valence-electron chi connectivity index (χ2n) is 6.89. The Hall–Kier alpha value is -0.470. The van der Waals surface area contributed by atoms with E-state index >= 15 is 0 Å². The topological polar surface area (TPSA) is 12.0 Å². The van der Waals surface area contributed by atoms with E-state index in [1.54, 1.807) is 0 Å². The van der Waals surface area contributed by atoms with Crippen molar-refractivity contribution in [2.24, 2.45) is 5.41 Å². The lowest BCUT2D eigenvalue weighted by atomic mass is 9.54. The normalized spacial score (nSPS) is 28.7. The predicted octanol–water partition coefficient (Wildman–Crippen LogP) is 5.46. The van der Waals surface area contributed by atoms with Crippen LogP contribution in [0.4, 0.5) is 0 Å². The van der Waals surface area contributed by atoms with Gasteiger partial charge >= 0.3 is 0 Å². The molecule has 1 aromatic rings. The van der Waals surface area contributed by atoms with Crippen LogP contribution in [0, 0.1) is 5.41 Å². The van der Waals surface area contributed by atoms with Crippen molar-refractivity contribution in [3.63, 3.8) is 0 Å². The molecule has 21 heavy (non-hydrogen) atoms. The van der Waals surface area contributed by atoms with Gasteiger partial charge < -0.3 is 5.32 Å². The van der Waals surface area contributed by atoms with Gasteiger partial charge in [-0.25, -0.2) is 0 Å². The zero-order chi connectivity index (χ0) is 15.5. The second-order valence-corrected chi connectivity index (χ2v) is 8.54. The van der Waals surface area contributed by atoms with E-state index in [1.165, 1.54) is 29.7 Å². The maximum atomic E-state index is 3.74. The van der Waals surface area contributed by atoms with Crippen molar-refractivity contribution in [2.75, 3.05) is 6.54 Å². The van der Waals surface area contributed by atoms with Crippen molar-refractivity contribution in [3.8, 4) is 0 Å². The highest BCUT2D eigenvalue weighted by Gasteiger charge is 2.50. The first kappa shape index (κ1) is 16.9. The number of hydrogen-bond acceptors (Lipinski definition) is 2. The summed E-state index contributed by atoms with van der Waals surface area (Å²) in [6.45, 7) is 12.7. The fraction of sp³-hybridized carbons (Fsp3) is 0.684. The van der Waals surface area contributed by atoms with Crippen molar-refractivity contribution >= 4 is 11.8 Å². The Morgan fingerprint density at radius 2 is 1.90 bits per heavy atom. The minimum Gasteiger partial charge on any atom is -0.313 e. The molecule has 2 heteroatoms. The van der Waals surface area contributed by atoms with Crippen LogP contribution >= 0.6 is 11.8 Å². The van der Waals surface area contributed by atoms with Crippen LogP contribution < -0.4 is 5.32 Å². The standard InChI is InChI=1S/C19H31NS/c1-6-12-20-18-13-17(19(18,5)7-2)15-8-10-16(11-9-15)21-14(3)4/h8-11,14,17-18,20H,6-7,12-13H2,1-5H3. The summed E-state index contributed by atoms with van der Waals surface area (Å²) in [6, 6.07) is 10.0. The summed E-state index contributed by atoms with van der Waals surface area (Å²) < 4.78 is 0. The van der Waals surface area contributed by atoms with Crippen LogP contribution in [-0.2, 0) is 0 Å². The van der Waals surface area contributed by atoms with E-state index in [-0.39, 0.29) is 0 Å². The molecule has 3 atom stereocenters. The average Bonchev–Trinajstić information content (AvgIpc) is 2.46. The Bertz CT molecular complexity index is 439. The molecule has 2 rings (SSSR count). The van der Waals surface area contributed by atoms with Crippen LogP contribution in [0.5, 0.6) is 0 Å². The average molecular weight is 306 g/mol. The van der Waals surface area contributed by atoms with Gasteiger partial charge in [0, 0.05) is 16.2 Å². The lowest BCUT2D eigenvalue weighted by Gasteiger charge is -2.55. The van der Waals surface area contributed by atoms with E-state index in [0.717, 1.165) is 12.5 Å². The molecular weight excluding hydrogens is 274 g/mol. The van der Waals surface area contributed by atoms with E-state index in [0.29, 0.717) is 16.7 Å². The van der Waals surface area contributed by atoms with Gasteiger partial charge in [-0.1, -0.05) is 46.8 Å². The summed E-state index contributed by atoms with van der Waals surface area (Å²) in [5.74, 6) is 0.718. The highest BCUT2D eigenvalue weighted by Crippen LogP contribution is 2.54. The molecule has 1 saturated carbocycles. The molecule has 0 spiro atoms. The van der Waals surface area contributed by atoms with E-state index in [1.807, 2.05) is 11.8 Å². The zero-order valence-electron chi connectivity index (χ0n) is 14.3. The Kier molecular flexibility index (Phi) is 5.79. The van der Waals surface area contributed by atoms with E-state index < -0.39 is 0 Å². The highest BCUT2D eigenvalue weighted by atomic mass is 32.2. The fourth-order valence-electron chi connectivity index (χ4n) is 3.55. The molecule has 3 unspecified atom stereocenters. The molecule has 1 N–H and O–H groups in total. The van der Waals surface area contributed by atoms with Gasteiger partial charge in [0.15, 0.2) is 0 Å². The Labute approximate surface area is 135 Å². The third kappa shape index (κ3) is 3.65. The Morgan fingerprint density at radius 1 is 1.24 bits per heavy atom. The molecule has 0 aliphatic heterocycles. The number of rotatable bonds is 7. The molecule has 118 valence electrons. The molecule has 0 amide bonds. The number of nitrogens with one attached hydrogen (secondary N) is 1. The van der Waals surface area contributed by atoms with E-state index in [4.69, 9.17) is 0 Å². The molecule has 1 fully saturated rings. The van der Waals surface area contributed by atoms with Gasteiger partial charge in [-0.2, -0.15) is 0 Å². The van der Waals surface area contributed by atoms with E-state index in [2.05, 4.69) is 64.2 Å². The summed E-state index contributed by atoms with van der Waals surface area (Å²) in [5.41, 5.74) is 1.95. The van der Waals surface area contributed by atoms with Crippen molar-refractivity contribution in [1.29, 1.82) is 0 Å². The maximum absolute atomic E-state index is 3.74. The molecule has 0 saturated heterocycles. The minimum absolute atomic E-state index is 0.419. The lowest BCUT2D eigenvalue weighted by molar-refractivity contribution is 0.0445. The number of thioether (sulfide) groups is 1. The molecule has 1 aliphatic carbocycles. The van der Waals surface area contributed by atoms with Crippen LogP contribution in [0.2, 0.25) is 0 Å². The van der Waals surface area contributed by atoms with Crippen molar-refractivity contribution in [2.45, 2.75) is 76.0 Å². The smallest absolute Gasteiger partial charge is 0.0133 e. The van der Waals surface area contributed by atoms with Crippen LogP contribution in [0.1, 0.15) is 65.4 Å². The van der Waals surface area contributed by atoms with E-state index in [9.17, 15) is 0 Å². The summed E-state index contributed by atoms with van der Waals surface area (Å²) in [4.78, 5) is 1.40.